The zero-order chi connectivity index (χ0) is 14.1. The van der Waals surface area contributed by atoms with Gasteiger partial charge in [0, 0.05) is 17.8 Å². The lowest BCUT2D eigenvalue weighted by atomic mass is 9.84. The molecule has 0 amide bonds. The van der Waals surface area contributed by atoms with Crippen LogP contribution in [0.4, 0.5) is 10.1 Å². The van der Waals surface area contributed by atoms with E-state index in [2.05, 4.69) is 5.32 Å². The van der Waals surface area contributed by atoms with Crippen LogP contribution < -0.4 is 5.32 Å². The molecule has 1 aliphatic heterocycles. The minimum atomic E-state index is -0.360. The van der Waals surface area contributed by atoms with Crippen molar-refractivity contribution in [1.29, 1.82) is 0 Å². The van der Waals surface area contributed by atoms with E-state index in [0.29, 0.717) is 5.56 Å². The molecule has 0 bridgehead atoms. The first kappa shape index (κ1) is 12.9. The molecule has 3 heteroatoms. The minimum absolute atomic E-state index is 0.0101. The Morgan fingerprint density at radius 1 is 1.25 bits per heavy atom. The highest BCUT2D eigenvalue weighted by atomic mass is 19.1. The number of nitrogens with one attached hydrogen (secondary N) is 1. The Labute approximate surface area is 117 Å². The maximum Gasteiger partial charge on any atom is 0.170 e. The Hall–Kier alpha value is -2.16. The molecule has 1 N–H and O–H groups in total. The van der Waals surface area contributed by atoms with Gasteiger partial charge in [0.05, 0.1) is 5.92 Å². The van der Waals surface area contributed by atoms with Crippen molar-refractivity contribution in [1.82, 2.24) is 0 Å². The standard InChI is InChI=1S/C17H16FNO/c1-11-6-7-12(18)10-15(11)17(20)14-8-9-19-16-5-3-2-4-13(14)16/h2-7,10,14,19H,8-9H2,1H3. The van der Waals surface area contributed by atoms with Crippen LogP contribution in [0.5, 0.6) is 0 Å². The highest BCUT2D eigenvalue weighted by Crippen LogP contribution is 2.34. The number of para-hydroxylation sites is 1. The van der Waals surface area contributed by atoms with Gasteiger partial charge in [-0.05, 0) is 42.7 Å². The molecule has 2 nitrogen and oxygen atoms in total. The van der Waals surface area contributed by atoms with Crippen LogP contribution >= 0.6 is 0 Å². The van der Waals surface area contributed by atoms with Gasteiger partial charge in [0.25, 0.3) is 0 Å². The summed E-state index contributed by atoms with van der Waals surface area (Å²) in [5.74, 6) is -0.537. The summed E-state index contributed by atoms with van der Waals surface area (Å²) in [6.07, 6.45) is 0.742. The largest absolute Gasteiger partial charge is 0.385 e. The summed E-state index contributed by atoms with van der Waals surface area (Å²) in [6, 6.07) is 12.2. The first-order chi connectivity index (χ1) is 9.66. The maximum absolute atomic E-state index is 13.4. The molecule has 2 aromatic rings. The quantitative estimate of drug-likeness (QED) is 0.837. The zero-order valence-electron chi connectivity index (χ0n) is 11.3. The van der Waals surface area contributed by atoms with E-state index in [1.54, 1.807) is 6.07 Å². The molecule has 0 saturated carbocycles. The first-order valence-corrected chi connectivity index (χ1v) is 6.80. The van der Waals surface area contributed by atoms with Gasteiger partial charge in [-0.3, -0.25) is 4.79 Å². The number of carbonyl (C=O) groups excluding carboxylic acids is 1. The van der Waals surface area contributed by atoms with Crippen LogP contribution in [0, 0.1) is 12.7 Å². The Morgan fingerprint density at radius 2 is 2.05 bits per heavy atom. The fourth-order valence-electron chi connectivity index (χ4n) is 2.79. The molecule has 0 fully saturated rings. The maximum atomic E-state index is 13.4. The van der Waals surface area contributed by atoms with E-state index in [4.69, 9.17) is 0 Å². The second-order valence-electron chi connectivity index (χ2n) is 5.18. The highest BCUT2D eigenvalue weighted by molar-refractivity contribution is 6.03. The van der Waals surface area contributed by atoms with Gasteiger partial charge in [-0.25, -0.2) is 4.39 Å². The van der Waals surface area contributed by atoms with Gasteiger partial charge in [-0.2, -0.15) is 0 Å². The number of benzene rings is 2. The molecule has 1 atom stereocenters. The molecule has 0 aliphatic carbocycles. The Balaban J connectivity index is 2.02. The molecule has 1 aliphatic rings. The van der Waals surface area contributed by atoms with Crippen LogP contribution in [0.25, 0.3) is 0 Å². The monoisotopic (exact) mass is 269 g/mol. The lowest BCUT2D eigenvalue weighted by Crippen LogP contribution is -2.23. The van der Waals surface area contributed by atoms with Crippen LogP contribution in [-0.4, -0.2) is 12.3 Å². The fraction of sp³-hybridized carbons (Fsp3) is 0.235. The topological polar surface area (TPSA) is 29.1 Å². The van der Waals surface area contributed by atoms with Crippen LogP contribution in [0.1, 0.15) is 33.8 Å². The summed E-state index contributed by atoms with van der Waals surface area (Å²) in [6.45, 7) is 2.61. The number of Topliss-reactive ketones (excluding diaryl/α,β-unsaturated/α-hetero) is 1. The number of rotatable bonds is 2. The van der Waals surface area contributed by atoms with Gasteiger partial charge in [0.15, 0.2) is 5.78 Å². The summed E-state index contributed by atoms with van der Waals surface area (Å²) < 4.78 is 13.4. The van der Waals surface area contributed by atoms with Crippen LogP contribution in [0.3, 0.4) is 0 Å². The molecule has 1 heterocycles. The number of ketones is 1. The third kappa shape index (κ3) is 2.20. The highest BCUT2D eigenvalue weighted by Gasteiger charge is 2.27. The van der Waals surface area contributed by atoms with E-state index in [9.17, 15) is 9.18 Å². The predicted molar refractivity (Wildman–Crippen MR) is 77.8 cm³/mol. The Morgan fingerprint density at radius 3 is 2.90 bits per heavy atom. The molecular weight excluding hydrogens is 253 g/mol. The van der Waals surface area contributed by atoms with Crippen molar-refractivity contribution in [2.75, 3.05) is 11.9 Å². The predicted octanol–water partition coefficient (Wildman–Crippen LogP) is 3.92. The molecule has 102 valence electrons. The molecule has 20 heavy (non-hydrogen) atoms. The second-order valence-corrected chi connectivity index (χ2v) is 5.18. The SMILES string of the molecule is Cc1ccc(F)cc1C(=O)C1CCNc2ccccc21. The Bertz CT molecular complexity index is 666. The van der Waals surface area contributed by atoms with Crippen molar-refractivity contribution in [3.8, 4) is 0 Å². The van der Waals surface area contributed by atoms with Gasteiger partial charge in [0.1, 0.15) is 5.82 Å². The normalized spacial score (nSPS) is 17.2. The third-order valence-corrected chi connectivity index (χ3v) is 3.87. The van der Waals surface area contributed by atoms with Crippen molar-refractivity contribution < 1.29 is 9.18 Å². The molecule has 0 radical (unpaired) electrons. The van der Waals surface area contributed by atoms with Gasteiger partial charge >= 0.3 is 0 Å². The van der Waals surface area contributed by atoms with Crippen LogP contribution in [0.15, 0.2) is 42.5 Å². The third-order valence-electron chi connectivity index (χ3n) is 3.87. The summed E-state index contributed by atoms with van der Waals surface area (Å²) in [7, 11) is 0. The average Bonchev–Trinajstić information content (AvgIpc) is 2.48. The van der Waals surface area contributed by atoms with Crippen molar-refractivity contribution >= 4 is 11.5 Å². The molecular formula is C17H16FNO. The van der Waals surface area contributed by atoms with Crippen molar-refractivity contribution in [3.63, 3.8) is 0 Å². The van der Waals surface area contributed by atoms with Gasteiger partial charge in [0.2, 0.25) is 0 Å². The number of hydrogen-bond acceptors (Lipinski definition) is 2. The lowest BCUT2D eigenvalue weighted by molar-refractivity contribution is 0.0954. The number of fused-ring (bicyclic) bond motifs is 1. The number of hydrogen-bond donors (Lipinski definition) is 1. The smallest absolute Gasteiger partial charge is 0.170 e. The van der Waals surface area contributed by atoms with Crippen LogP contribution in [0.2, 0.25) is 0 Å². The van der Waals surface area contributed by atoms with Crippen molar-refractivity contribution in [3.05, 3.63) is 65.0 Å². The number of anilines is 1. The Kier molecular flexibility index (Phi) is 3.26. The van der Waals surface area contributed by atoms with Gasteiger partial charge < -0.3 is 5.32 Å². The average molecular weight is 269 g/mol. The van der Waals surface area contributed by atoms with Crippen molar-refractivity contribution in [2.24, 2.45) is 0 Å². The van der Waals surface area contributed by atoms with E-state index in [1.807, 2.05) is 31.2 Å². The molecule has 3 rings (SSSR count). The lowest BCUT2D eigenvalue weighted by Gasteiger charge is -2.26. The van der Waals surface area contributed by atoms with E-state index < -0.39 is 0 Å². The second kappa shape index (κ2) is 5.08. The van der Waals surface area contributed by atoms with E-state index in [0.717, 1.165) is 29.8 Å². The zero-order valence-corrected chi connectivity index (χ0v) is 11.3. The molecule has 0 aromatic heterocycles. The van der Waals surface area contributed by atoms with E-state index >= 15 is 0 Å². The van der Waals surface area contributed by atoms with Crippen LogP contribution in [-0.2, 0) is 0 Å². The molecule has 1 unspecified atom stereocenters. The van der Waals surface area contributed by atoms with Gasteiger partial charge in [-0.1, -0.05) is 24.3 Å². The molecule has 2 aromatic carbocycles. The number of aryl methyl sites for hydroxylation is 1. The van der Waals surface area contributed by atoms with Crippen molar-refractivity contribution in [2.45, 2.75) is 19.3 Å². The van der Waals surface area contributed by atoms with E-state index in [1.165, 1.54) is 12.1 Å². The van der Waals surface area contributed by atoms with E-state index in [-0.39, 0.29) is 17.5 Å². The summed E-state index contributed by atoms with van der Waals surface area (Å²) in [4.78, 5) is 12.7. The summed E-state index contributed by atoms with van der Waals surface area (Å²) >= 11 is 0. The number of halogens is 1. The summed E-state index contributed by atoms with van der Waals surface area (Å²) in [5.41, 5.74) is 3.33. The fourth-order valence-corrected chi connectivity index (χ4v) is 2.79. The first-order valence-electron chi connectivity index (χ1n) is 6.80. The molecule has 0 saturated heterocycles. The minimum Gasteiger partial charge on any atom is -0.385 e. The molecule has 0 spiro atoms. The summed E-state index contributed by atoms with van der Waals surface area (Å²) in [5, 5.41) is 3.30. The van der Waals surface area contributed by atoms with Gasteiger partial charge in [-0.15, -0.1) is 0 Å². The number of carbonyl (C=O) groups is 1.